The molecular formula is C65H56ClN7O10S4. The SMILES string of the molecule is COc1ccc(COC(=O)C2=C(CSc3cnns3)CS[C@H]3C(NC(=O)/C(=N\OCc4cc(Cl)c(OCc5ccc(OC)cc5)c(OCc5ccc(OC)cc5)c4)c4csc(NC(c5ccccc5)(c5ccccc5)c5ccccc5)n4)C(=O)N23)cc1. The highest BCUT2D eigenvalue weighted by Gasteiger charge is 2.55. The zero-order chi connectivity index (χ0) is 60.1. The van der Waals surface area contributed by atoms with Crippen molar-refractivity contribution in [3.8, 4) is 28.7 Å². The molecule has 0 radical (unpaired) electrons. The number of halogens is 1. The number of thioether (sulfide) groups is 2. The fourth-order valence-electron chi connectivity index (χ4n) is 9.78. The molecule has 22 heteroatoms. The lowest BCUT2D eigenvalue weighted by atomic mass is 9.77. The minimum atomic E-state index is -1.08. The van der Waals surface area contributed by atoms with Gasteiger partial charge in [0.05, 0.1) is 32.5 Å². The number of β-lactam (4-membered cyclic amide) rings is 1. The molecule has 11 rings (SSSR count). The molecule has 2 aromatic heterocycles. The van der Waals surface area contributed by atoms with E-state index in [0.717, 1.165) is 37.6 Å². The summed E-state index contributed by atoms with van der Waals surface area (Å²) in [7, 11) is 4.78. The third-order valence-electron chi connectivity index (χ3n) is 14.2. The molecule has 87 heavy (non-hydrogen) atoms. The van der Waals surface area contributed by atoms with Crippen LogP contribution in [0.5, 0.6) is 28.7 Å². The number of ether oxygens (including phenoxy) is 6. The number of nitrogens with zero attached hydrogens (tertiary/aromatic N) is 5. The lowest BCUT2D eigenvalue weighted by Crippen LogP contribution is -2.71. The number of aromatic nitrogens is 3. The first-order valence-electron chi connectivity index (χ1n) is 27.2. The number of hydrogen-bond acceptors (Lipinski definition) is 19. The summed E-state index contributed by atoms with van der Waals surface area (Å²) in [6.45, 7) is 0.0946. The van der Waals surface area contributed by atoms with E-state index >= 15 is 4.79 Å². The first-order chi connectivity index (χ1) is 42.6. The maximum Gasteiger partial charge on any atom is 0.355 e. The molecule has 2 amide bonds. The van der Waals surface area contributed by atoms with Crippen molar-refractivity contribution in [2.75, 3.05) is 38.2 Å². The zero-order valence-corrected chi connectivity index (χ0v) is 51.1. The minimum absolute atomic E-state index is 0.0499. The topological polar surface area (TPSA) is 194 Å². The Morgan fingerprint density at radius 3 is 1.83 bits per heavy atom. The number of hydrogen-bond donors (Lipinski definition) is 2. The van der Waals surface area contributed by atoms with E-state index in [2.05, 4.69) is 61.8 Å². The number of thiazole rings is 1. The number of esters is 1. The average Bonchev–Trinajstić information content (AvgIpc) is 2.00. The molecule has 4 heterocycles. The van der Waals surface area contributed by atoms with Crippen molar-refractivity contribution < 1.29 is 47.6 Å². The predicted octanol–water partition coefficient (Wildman–Crippen LogP) is 12.3. The number of oxime groups is 1. The molecular weight excluding hydrogens is 1200 g/mol. The van der Waals surface area contributed by atoms with Crippen molar-refractivity contribution in [3.63, 3.8) is 0 Å². The van der Waals surface area contributed by atoms with E-state index in [9.17, 15) is 9.59 Å². The van der Waals surface area contributed by atoms with Crippen LogP contribution in [0.3, 0.4) is 0 Å². The number of methoxy groups -OCH3 is 3. The molecule has 2 aliphatic rings. The maximum atomic E-state index is 15.1. The van der Waals surface area contributed by atoms with Crippen LogP contribution in [0, 0.1) is 0 Å². The Bertz CT molecular complexity index is 3790. The smallest absolute Gasteiger partial charge is 0.355 e. The molecule has 17 nitrogen and oxygen atoms in total. The molecule has 2 N–H and O–H groups in total. The van der Waals surface area contributed by atoms with E-state index in [1.807, 2.05) is 103 Å². The van der Waals surface area contributed by atoms with Gasteiger partial charge in [-0.1, -0.05) is 149 Å². The number of amides is 2. The summed E-state index contributed by atoms with van der Waals surface area (Å²) in [6, 6.07) is 54.6. The van der Waals surface area contributed by atoms with Crippen LogP contribution in [0.25, 0.3) is 0 Å². The van der Waals surface area contributed by atoms with Gasteiger partial charge in [0, 0.05) is 16.9 Å². The predicted molar refractivity (Wildman–Crippen MR) is 338 cm³/mol. The second-order valence-electron chi connectivity index (χ2n) is 19.7. The zero-order valence-electron chi connectivity index (χ0n) is 47.1. The standard InChI is InChI=1S/C65H56ClN7O10S4/c1-77-49-25-19-41(20-26-49)34-80-54-32-44(31-52(66)59(54)81-35-42-21-27-50(78-2)28-22-42)37-83-71-56(53-40-86-64(68-53)70-65(46-13-7-4-8-14-46,47-15-9-5-10-16-47)48-17-11-6-12-18-48)60(74)69-57-61(75)73-58(63(76)82-36-43-23-29-51(79-3)30-24-43)45(39-85-62(57)73)38-84-55-33-67-72-87-55/h4-33,40,57,62H,34-39H2,1-3H3,(H,68,70)(H,69,74)/b71-56-/t57?,62-/m0/s1. The number of nitrogens with one attached hydrogen (secondary N) is 2. The largest absolute Gasteiger partial charge is 0.497 e. The lowest BCUT2D eigenvalue weighted by Gasteiger charge is -2.49. The van der Waals surface area contributed by atoms with E-state index < -0.39 is 34.7 Å². The molecule has 9 aromatic rings. The number of rotatable bonds is 26. The molecule has 1 fully saturated rings. The summed E-state index contributed by atoms with van der Waals surface area (Å²) in [5, 5.41) is 16.9. The summed E-state index contributed by atoms with van der Waals surface area (Å²) in [6.07, 6.45) is 1.65. The van der Waals surface area contributed by atoms with Crippen LogP contribution in [0.4, 0.5) is 5.13 Å². The highest BCUT2D eigenvalue weighted by molar-refractivity contribution is 8.01. The van der Waals surface area contributed by atoms with Gasteiger partial charge < -0.3 is 43.9 Å². The van der Waals surface area contributed by atoms with Crippen molar-refractivity contribution in [2.24, 2.45) is 5.16 Å². The van der Waals surface area contributed by atoms with Crippen molar-refractivity contribution in [1.82, 2.24) is 24.8 Å². The second-order valence-corrected chi connectivity index (χ2v) is 24.1. The van der Waals surface area contributed by atoms with Gasteiger partial charge in [-0.05, 0) is 105 Å². The van der Waals surface area contributed by atoms with Gasteiger partial charge in [-0.2, -0.15) is 0 Å². The van der Waals surface area contributed by atoms with Gasteiger partial charge in [-0.15, -0.1) is 40.0 Å². The van der Waals surface area contributed by atoms with Crippen molar-refractivity contribution >= 4 is 86.6 Å². The van der Waals surface area contributed by atoms with E-state index in [-0.39, 0.29) is 48.6 Å². The van der Waals surface area contributed by atoms with Gasteiger partial charge >= 0.3 is 5.97 Å². The van der Waals surface area contributed by atoms with Gasteiger partial charge in [-0.25, -0.2) is 9.78 Å². The van der Waals surface area contributed by atoms with Crippen molar-refractivity contribution in [2.45, 2.75) is 47.6 Å². The second kappa shape index (κ2) is 28.1. The first-order valence-corrected chi connectivity index (χ1v) is 31.3. The number of anilines is 1. The van der Waals surface area contributed by atoms with Crippen LogP contribution in [-0.2, 0) is 55.9 Å². The summed E-state index contributed by atoms with van der Waals surface area (Å²) >= 11 is 12.4. The van der Waals surface area contributed by atoms with E-state index in [1.165, 1.54) is 51.3 Å². The first kappa shape index (κ1) is 59.9. The van der Waals surface area contributed by atoms with Gasteiger partial charge in [0.25, 0.3) is 11.8 Å². The number of carbonyl (C=O) groups excluding carboxylic acids is 3. The molecule has 0 spiro atoms. The normalized spacial score (nSPS) is 14.7. The minimum Gasteiger partial charge on any atom is -0.497 e. The summed E-state index contributed by atoms with van der Waals surface area (Å²) in [5.41, 5.74) is 5.61. The Morgan fingerprint density at radius 2 is 1.28 bits per heavy atom. The van der Waals surface area contributed by atoms with Gasteiger partial charge in [0.15, 0.2) is 22.3 Å². The number of carbonyl (C=O) groups is 3. The molecule has 1 saturated heterocycles. The molecule has 2 aliphatic heterocycles. The summed E-state index contributed by atoms with van der Waals surface area (Å²) < 4.78 is 39.5. The Morgan fingerprint density at radius 1 is 0.713 bits per heavy atom. The molecule has 0 aliphatic carbocycles. The summed E-state index contributed by atoms with van der Waals surface area (Å²) in [5.74, 6) is 1.51. The number of benzene rings is 7. The highest BCUT2D eigenvalue weighted by atomic mass is 35.5. The van der Waals surface area contributed by atoms with E-state index in [1.54, 1.807) is 69.3 Å². The van der Waals surface area contributed by atoms with Crippen molar-refractivity contribution in [1.29, 1.82) is 0 Å². The maximum absolute atomic E-state index is 15.1. The fourth-order valence-corrected chi connectivity index (χ4v) is 13.7. The fraction of sp³-hybridized carbons (Fsp3) is 0.185. The van der Waals surface area contributed by atoms with E-state index in [4.69, 9.17) is 49.8 Å². The molecule has 7 aromatic carbocycles. The summed E-state index contributed by atoms with van der Waals surface area (Å²) in [4.78, 5) is 56.5. The quantitative estimate of drug-likeness (QED) is 0.0130. The lowest BCUT2D eigenvalue weighted by molar-refractivity contribution is -0.153. The van der Waals surface area contributed by atoms with Gasteiger partial charge in [0.2, 0.25) is 0 Å². The molecule has 2 atom stereocenters. The Labute approximate surface area is 523 Å². The van der Waals surface area contributed by atoms with Crippen molar-refractivity contribution in [3.05, 3.63) is 248 Å². The third kappa shape index (κ3) is 13.9. The van der Waals surface area contributed by atoms with Crippen LogP contribution in [0.2, 0.25) is 5.02 Å². The van der Waals surface area contributed by atoms with Crippen LogP contribution < -0.4 is 34.3 Å². The van der Waals surface area contributed by atoms with Crippen LogP contribution >= 0.6 is 58.0 Å². The average molecular weight is 1260 g/mol. The van der Waals surface area contributed by atoms with Crippen LogP contribution in [0.15, 0.2) is 208 Å². The Balaban J connectivity index is 0.902. The van der Waals surface area contributed by atoms with Crippen LogP contribution in [0.1, 0.15) is 44.6 Å². The Kier molecular flexibility index (Phi) is 19.3. The monoisotopic (exact) mass is 1260 g/mol. The molecule has 0 saturated carbocycles. The molecule has 442 valence electrons. The molecule has 1 unspecified atom stereocenters. The highest BCUT2D eigenvalue weighted by Crippen LogP contribution is 2.44. The number of fused-ring (bicyclic) bond motifs is 1. The van der Waals surface area contributed by atoms with E-state index in [0.29, 0.717) is 56.5 Å². The Hall–Kier alpha value is -8.86. The van der Waals surface area contributed by atoms with Crippen LogP contribution in [-0.4, -0.2) is 87.2 Å². The third-order valence-corrected chi connectivity index (χ3v) is 18.5. The van der Waals surface area contributed by atoms with Gasteiger partial charge in [0.1, 0.15) is 76.2 Å². The molecule has 0 bridgehead atoms. The van der Waals surface area contributed by atoms with Gasteiger partial charge in [-0.3, -0.25) is 14.5 Å².